The van der Waals surface area contributed by atoms with Crippen molar-refractivity contribution >= 4 is 31.9 Å². The second-order valence-electron chi connectivity index (χ2n) is 3.38. The Bertz CT molecular complexity index is 542. The maximum absolute atomic E-state index is 12.3. The number of anilines is 1. The van der Waals surface area contributed by atoms with Gasteiger partial charge in [-0.05, 0) is 0 Å². The molecule has 0 atom stereocenters. The lowest BCUT2D eigenvalue weighted by atomic mass is 10.5. The van der Waals surface area contributed by atoms with E-state index in [4.69, 9.17) is 5.73 Å². The molecule has 1 aromatic rings. The Hall–Kier alpha value is -1.25. The minimum Gasteiger partial charge on any atom is -0.368 e. The summed E-state index contributed by atoms with van der Waals surface area (Å²) in [6.45, 7) is 7.45. The maximum Gasteiger partial charge on any atom is 0.246 e. The van der Waals surface area contributed by atoms with Crippen molar-refractivity contribution in [1.82, 2.24) is 14.3 Å². The molecule has 0 amide bonds. The highest BCUT2D eigenvalue weighted by atomic mass is 79.9. The van der Waals surface area contributed by atoms with E-state index in [-0.39, 0.29) is 23.9 Å². The first-order valence-electron chi connectivity index (χ1n) is 4.89. The number of halogens is 1. The Morgan fingerprint density at radius 2 is 2.06 bits per heavy atom. The van der Waals surface area contributed by atoms with E-state index in [0.29, 0.717) is 4.48 Å². The van der Waals surface area contributed by atoms with Gasteiger partial charge in [0.15, 0.2) is 0 Å². The molecule has 1 heterocycles. The van der Waals surface area contributed by atoms with Crippen molar-refractivity contribution in [2.24, 2.45) is 0 Å². The molecule has 6 nitrogen and oxygen atoms in total. The first-order valence-corrected chi connectivity index (χ1v) is 7.13. The van der Waals surface area contributed by atoms with Crippen LogP contribution in [0.15, 0.2) is 41.0 Å². The van der Waals surface area contributed by atoms with Gasteiger partial charge in [0.1, 0.15) is 4.90 Å². The highest BCUT2D eigenvalue weighted by molar-refractivity contribution is 9.11. The molecule has 18 heavy (non-hydrogen) atoms. The van der Waals surface area contributed by atoms with Gasteiger partial charge in [0.2, 0.25) is 16.0 Å². The van der Waals surface area contributed by atoms with Crippen LogP contribution in [-0.4, -0.2) is 35.8 Å². The van der Waals surface area contributed by atoms with Crippen molar-refractivity contribution in [2.45, 2.75) is 4.90 Å². The van der Waals surface area contributed by atoms with Gasteiger partial charge in [-0.3, -0.25) is 0 Å². The first kappa shape index (κ1) is 14.8. The molecule has 2 N–H and O–H groups in total. The molecule has 1 rings (SSSR count). The molecular weight excluding hydrogens is 320 g/mol. The van der Waals surface area contributed by atoms with Crippen LogP contribution in [-0.2, 0) is 10.0 Å². The van der Waals surface area contributed by atoms with E-state index in [1.807, 2.05) is 0 Å². The van der Waals surface area contributed by atoms with Crippen LogP contribution in [0.5, 0.6) is 0 Å². The maximum atomic E-state index is 12.3. The monoisotopic (exact) mass is 332 g/mol. The predicted molar refractivity (Wildman–Crippen MR) is 73.5 cm³/mol. The third-order valence-corrected chi connectivity index (χ3v) is 3.98. The number of nitrogens with two attached hydrogens (primary N) is 1. The topological polar surface area (TPSA) is 89.2 Å². The van der Waals surface area contributed by atoms with Gasteiger partial charge in [-0.15, -0.1) is 6.58 Å². The molecule has 0 saturated carbocycles. The minimum absolute atomic E-state index is 0.0210. The summed E-state index contributed by atoms with van der Waals surface area (Å²) in [7, 11) is -3.68. The summed E-state index contributed by atoms with van der Waals surface area (Å²) in [5, 5.41) is 0. The number of hydrogen-bond acceptors (Lipinski definition) is 5. The number of sulfonamides is 1. The Morgan fingerprint density at radius 1 is 1.50 bits per heavy atom. The van der Waals surface area contributed by atoms with Crippen LogP contribution >= 0.6 is 15.9 Å². The molecule has 0 bridgehead atoms. The van der Waals surface area contributed by atoms with Crippen LogP contribution in [0.4, 0.5) is 5.95 Å². The fourth-order valence-corrected chi connectivity index (χ4v) is 2.96. The number of hydrogen-bond donors (Lipinski definition) is 1. The zero-order valence-electron chi connectivity index (χ0n) is 9.58. The smallest absolute Gasteiger partial charge is 0.246 e. The molecule has 0 aromatic carbocycles. The summed E-state index contributed by atoms with van der Waals surface area (Å²) in [5.74, 6) is 0.0223. The molecule has 0 aliphatic rings. The Kier molecular flexibility index (Phi) is 5.00. The summed E-state index contributed by atoms with van der Waals surface area (Å²) < 4.78 is 26.3. The molecule has 98 valence electrons. The fraction of sp³-hybridized carbons (Fsp3) is 0.200. The van der Waals surface area contributed by atoms with Gasteiger partial charge in [-0.2, -0.15) is 4.31 Å². The summed E-state index contributed by atoms with van der Waals surface area (Å²) in [4.78, 5) is 7.31. The summed E-state index contributed by atoms with van der Waals surface area (Å²) in [6, 6.07) is 0. The number of nitrogen functional groups attached to an aromatic ring is 1. The Morgan fingerprint density at radius 3 is 2.50 bits per heavy atom. The van der Waals surface area contributed by atoms with Gasteiger partial charge in [0, 0.05) is 17.6 Å². The average Bonchev–Trinajstić information content (AvgIpc) is 2.28. The van der Waals surface area contributed by atoms with E-state index in [2.05, 4.69) is 39.1 Å². The highest BCUT2D eigenvalue weighted by Crippen LogP contribution is 2.17. The average molecular weight is 333 g/mol. The molecule has 0 fully saturated rings. The zero-order valence-corrected chi connectivity index (χ0v) is 12.0. The predicted octanol–water partition coefficient (Wildman–Crippen LogP) is 1.14. The van der Waals surface area contributed by atoms with E-state index < -0.39 is 10.0 Å². The van der Waals surface area contributed by atoms with E-state index in [0.717, 1.165) is 0 Å². The second kappa shape index (κ2) is 6.07. The SMILES string of the molecule is C=CCN(CC(=C)Br)S(=O)(=O)c1cnc(N)nc1. The standard InChI is InChI=1S/C10H13BrN4O2S/c1-3-4-15(7-8(2)11)18(16,17)9-5-13-10(12)14-6-9/h3,5-6H,1-2,4,7H2,(H2,12,13,14). The molecule has 0 spiro atoms. The third kappa shape index (κ3) is 3.62. The Labute approximate surface area is 114 Å². The van der Waals surface area contributed by atoms with Crippen LogP contribution in [0.3, 0.4) is 0 Å². The molecule has 8 heteroatoms. The molecule has 1 aromatic heterocycles. The van der Waals surface area contributed by atoms with Crippen molar-refractivity contribution in [3.63, 3.8) is 0 Å². The second-order valence-corrected chi connectivity index (χ2v) is 6.44. The van der Waals surface area contributed by atoms with Crippen LogP contribution in [0.1, 0.15) is 0 Å². The van der Waals surface area contributed by atoms with E-state index in [9.17, 15) is 8.42 Å². The van der Waals surface area contributed by atoms with Gasteiger partial charge >= 0.3 is 0 Å². The number of rotatable bonds is 6. The summed E-state index contributed by atoms with van der Waals surface area (Å²) in [5.41, 5.74) is 5.32. The van der Waals surface area contributed by atoms with Crippen LogP contribution in [0.25, 0.3) is 0 Å². The highest BCUT2D eigenvalue weighted by Gasteiger charge is 2.24. The molecule has 0 radical (unpaired) electrons. The van der Waals surface area contributed by atoms with Gasteiger partial charge < -0.3 is 5.73 Å². The van der Waals surface area contributed by atoms with Crippen LogP contribution in [0.2, 0.25) is 0 Å². The van der Waals surface area contributed by atoms with Gasteiger partial charge in [0.25, 0.3) is 0 Å². The molecule has 0 unspecified atom stereocenters. The summed E-state index contributed by atoms with van der Waals surface area (Å²) >= 11 is 3.14. The van der Waals surface area contributed by atoms with Gasteiger partial charge in [0.05, 0.1) is 12.4 Å². The van der Waals surface area contributed by atoms with Crippen LogP contribution < -0.4 is 5.73 Å². The van der Waals surface area contributed by atoms with Crippen molar-refractivity contribution in [1.29, 1.82) is 0 Å². The van der Waals surface area contributed by atoms with E-state index in [1.54, 1.807) is 0 Å². The Balaban J connectivity index is 3.11. The van der Waals surface area contributed by atoms with E-state index >= 15 is 0 Å². The number of nitrogens with zero attached hydrogens (tertiary/aromatic N) is 3. The zero-order chi connectivity index (χ0) is 13.8. The lowest BCUT2D eigenvalue weighted by molar-refractivity contribution is 0.472. The van der Waals surface area contributed by atoms with Crippen LogP contribution in [0, 0.1) is 0 Å². The minimum atomic E-state index is -3.68. The first-order chi connectivity index (χ1) is 8.37. The van der Waals surface area contributed by atoms with Crippen molar-refractivity contribution < 1.29 is 8.42 Å². The fourth-order valence-electron chi connectivity index (χ4n) is 1.19. The molecular formula is C10H13BrN4O2S. The van der Waals surface area contributed by atoms with Gasteiger partial charge in [-0.1, -0.05) is 28.6 Å². The normalized spacial score (nSPS) is 11.4. The van der Waals surface area contributed by atoms with Crippen molar-refractivity contribution in [3.8, 4) is 0 Å². The molecule has 0 saturated heterocycles. The molecule has 0 aliphatic carbocycles. The van der Waals surface area contributed by atoms with E-state index in [1.165, 1.54) is 22.8 Å². The quantitative estimate of drug-likeness (QED) is 0.789. The van der Waals surface area contributed by atoms with Crippen molar-refractivity contribution in [2.75, 3.05) is 18.8 Å². The van der Waals surface area contributed by atoms with Gasteiger partial charge in [-0.25, -0.2) is 18.4 Å². The lowest BCUT2D eigenvalue weighted by Gasteiger charge is -2.19. The third-order valence-electron chi connectivity index (χ3n) is 1.97. The lowest BCUT2D eigenvalue weighted by Crippen LogP contribution is -2.32. The summed E-state index contributed by atoms with van der Waals surface area (Å²) in [6.07, 6.45) is 3.83. The van der Waals surface area contributed by atoms with Crippen molar-refractivity contribution in [3.05, 3.63) is 36.1 Å². The number of aromatic nitrogens is 2. The largest absolute Gasteiger partial charge is 0.368 e. The molecule has 0 aliphatic heterocycles.